The second kappa shape index (κ2) is 9.89. The largest absolute Gasteiger partial charge is 0.465 e. The van der Waals surface area contributed by atoms with E-state index in [0.29, 0.717) is 0 Å². The Hall–Kier alpha value is -2.38. The first-order chi connectivity index (χ1) is 13.4. The molecule has 0 saturated carbocycles. The van der Waals surface area contributed by atoms with Crippen LogP contribution in [0.1, 0.15) is 20.8 Å². The third-order valence-electron chi connectivity index (χ3n) is 4.09. The average Bonchev–Trinajstić information content (AvgIpc) is 2.63. The van der Waals surface area contributed by atoms with E-state index < -0.39 is 72.8 Å². The van der Waals surface area contributed by atoms with E-state index in [1.54, 1.807) is 0 Å². The maximum Gasteiger partial charge on any atom is 0.375 e. The van der Waals surface area contributed by atoms with Gasteiger partial charge in [-0.25, -0.2) is 9.18 Å². The molecule has 11 nitrogen and oxygen atoms in total. The maximum absolute atomic E-state index is 15.1. The van der Waals surface area contributed by atoms with Crippen molar-refractivity contribution in [2.45, 2.75) is 63.2 Å². The Bertz CT molecular complexity index is 650. The van der Waals surface area contributed by atoms with Crippen LogP contribution in [0.5, 0.6) is 0 Å². The molecule has 1 saturated heterocycles. The van der Waals surface area contributed by atoms with Crippen LogP contribution >= 0.6 is 0 Å². The molecule has 1 heterocycles. The van der Waals surface area contributed by atoms with Crippen LogP contribution in [0.3, 0.4) is 0 Å². The standard InChI is InChI=1S/C16H24F2N2O9/c1-6(22)20-11-10(19)14(17)16(18,15(25)26-4)29-13(11)12(28-8(3)24)9(5-21)27-7(2)23/h9-14,21H,5,19H2,1-4H3,(H,20,22)/t9-,10?,11-,12-,13?,14+,16-/m1/s1. The third-order valence-corrected chi connectivity index (χ3v) is 4.09. The number of methoxy groups -OCH3 is 1. The molecule has 0 bridgehead atoms. The molecule has 1 fully saturated rings. The fourth-order valence-electron chi connectivity index (χ4n) is 2.94. The maximum atomic E-state index is 15.1. The number of ether oxygens (including phenoxy) is 4. The highest BCUT2D eigenvalue weighted by atomic mass is 19.2. The van der Waals surface area contributed by atoms with E-state index in [1.165, 1.54) is 0 Å². The number of alkyl halides is 2. The molecule has 0 aromatic rings. The molecule has 7 atom stereocenters. The van der Waals surface area contributed by atoms with Gasteiger partial charge in [-0.15, -0.1) is 0 Å². The molecule has 0 aliphatic carbocycles. The molecule has 0 spiro atoms. The van der Waals surface area contributed by atoms with Gasteiger partial charge in [0.25, 0.3) is 0 Å². The van der Waals surface area contributed by atoms with Gasteiger partial charge in [-0.05, 0) is 0 Å². The monoisotopic (exact) mass is 426 g/mol. The summed E-state index contributed by atoms with van der Waals surface area (Å²) in [5.74, 6) is -8.08. The SMILES string of the molecule is COC(=O)[C@]1(F)OC([C@H](OC(C)=O)[C@@H](CO)OC(C)=O)[C@H](NC(C)=O)C(N)[C@@H]1F. The van der Waals surface area contributed by atoms with Crippen molar-refractivity contribution >= 4 is 23.8 Å². The predicted octanol–water partition coefficient (Wildman–Crippen LogP) is -1.75. The molecule has 166 valence electrons. The van der Waals surface area contributed by atoms with E-state index in [2.05, 4.69) is 10.1 Å². The zero-order chi connectivity index (χ0) is 22.5. The zero-order valence-electron chi connectivity index (χ0n) is 16.2. The van der Waals surface area contributed by atoms with E-state index in [1.807, 2.05) is 0 Å². The van der Waals surface area contributed by atoms with Crippen molar-refractivity contribution in [2.75, 3.05) is 13.7 Å². The lowest BCUT2D eigenvalue weighted by Crippen LogP contribution is -2.73. The summed E-state index contributed by atoms with van der Waals surface area (Å²) in [5.41, 5.74) is 5.71. The Morgan fingerprint density at radius 3 is 2.17 bits per heavy atom. The second-order valence-electron chi connectivity index (χ2n) is 6.33. The second-order valence-corrected chi connectivity index (χ2v) is 6.33. The van der Waals surface area contributed by atoms with Gasteiger partial charge in [-0.1, -0.05) is 0 Å². The van der Waals surface area contributed by atoms with Crippen LogP contribution in [0.4, 0.5) is 8.78 Å². The van der Waals surface area contributed by atoms with Crippen LogP contribution in [0.15, 0.2) is 0 Å². The fraction of sp³-hybridized carbons (Fsp3) is 0.750. The third kappa shape index (κ3) is 5.58. The Kier molecular flexibility index (Phi) is 8.41. The molecule has 0 aromatic carbocycles. The minimum absolute atomic E-state index is 0.731. The summed E-state index contributed by atoms with van der Waals surface area (Å²) in [6.45, 7) is 2.06. The first-order valence-corrected chi connectivity index (χ1v) is 8.46. The Morgan fingerprint density at radius 2 is 1.76 bits per heavy atom. The minimum atomic E-state index is -3.72. The van der Waals surface area contributed by atoms with Crippen LogP contribution in [-0.2, 0) is 38.1 Å². The number of aliphatic hydroxyl groups excluding tert-OH is 1. The van der Waals surface area contributed by atoms with Crippen molar-refractivity contribution in [2.24, 2.45) is 5.73 Å². The molecule has 0 radical (unpaired) electrons. The lowest BCUT2D eigenvalue weighted by molar-refractivity contribution is -0.280. The lowest BCUT2D eigenvalue weighted by Gasteiger charge is -2.47. The number of hydrogen-bond donors (Lipinski definition) is 3. The summed E-state index contributed by atoms with van der Waals surface area (Å²) in [5, 5.41) is 11.8. The van der Waals surface area contributed by atoms with Gasteiger partial charge in [0.2, 0.25) is 5.91 Å². The number of aliphatic hydroxyl groups is 1. The number of carbonyl (C=O) groups is 4. The summed E-state index contributed by atoms with van der Waals surface area (Å²) in [6.07, 6.45) is -7.99. The smallest absolute Gasteiger partial charge is 0.375 e. The topological polar surface area (TPSA) is 163 Å². The van der Waals surface area contributed by atoms with Gasteiger partial charge in [0.05, 0.1) is 25.8 Å². The molecule has 0 aromatic heterocycles. The van der Waals surface area contributed by atoms with Crippen molar-refractivity contribution < 1.29 is 52.0 Å². The van der Waals surface area contributed by atoms with Crippen LogP contribution in [0.25, 0.3) is 0 Å². The highest BCUT2D eigenvalue weighted by molar-refractivity contribution is 5.79. The molecule has 13 heteroatoms. The van der Waals surface area contributed by atoms with Crippen LogP contribution in [-0.4, -0.2) is 85.1 Å². The first kappa shape index (κ1) is 24.7. The molecular formula is C16H24F2N2O9. The Morgan fingerprint density at radius 1 is 1.21 bits per heavy atom. The van der Waals surface area contributed by atoms with E-state index in [-0.39, 0.29) is 0 Å². The summed E-state index contributed by atoms with van der Waals surface area (Å²) < 4.78 is 48.8. The molecule has 29 heavy (non-hydrogen) atoms. The van der Waals surface area contributed by atoms with E-state index in [0.717, 1.165) is 27.9 Å². The van der Waals surface area contributed by atoms with Gasteiger partial charge in [0.15, 0.2) is 18.4 Å². The quantitative estimate of drug-likeness (QED) is 0.314. The van der Waals surface area contributed by atoms with Crippen LogP contribution in [0, 0.1) is 0 Å². The highest BCUT2D eigenvalue weighted by Gasteiger charge is 2.63. The minimum Gasteiger partial charge on any atom is -0.465 e. The van der Waals surface area contributed by atoms with Crippen LogP contribution < -0.4 is 11.1 Å². The van der Waals surface area contributed by atoms with Crippen molar-refractivity contribution in [3.05, 3.63) is 0 Å². The Labute approximate surface area is 164 Å². The summed E-state index contributed by atoms with van der Waals surface area (Å²) in [6, 6.07) is -3.40. The number of halogens is 2. The first-order valence-electron chi connectivity index (χ1n) is 8.46. The molecule has 4 N–H and O–H groups in total. The van der Waals surface area contributed by atoms with E-state index >= 15 is 4.39 Å². The highest BCUT2D eigenvalue weighted by Crippen LogP contribution is 2.36. The van der Waals surface area contributed by atoms with Crippen molar-refractivity contribution in [1.82, 2.24) is 5.32 Å². The number of hydrogen-bond acceptors (Lipinski definition) is 10. The summed E-state index contributed by atoms with van der Waals surface area (Å²) in [4.78, 5) is 46.3. The summed E-state index contributed by atoms with van der Waals surface area (Å²) >= 11 is 0. The van der Waals surface area contributed by atoms with Crippen molar-refractivity contribution in [1.29, 1.82) is 0 Å². The number of rotatable bonds is 7. The molecule has 1 rings (SSSR count). The van der Waals surface area contributed by atoms with E-state index in [4.69, 9.17) is 19.9 Å². The molecule has 1 aliphatic heterocycles. The number of esters is 3. The molecule has 1 aliphatic rings. The number of nitrogens with one attached hydrogen (secondary N) is 1. The van der Waals surface area contributed by atoms with E-state index in [9.17, 15) is 28.7 Å². The van der Waals surface area contributed by atoms with Gasteiger partial charge in [0, 0.05) is 20.8 Å². The average molecular weight is 426 g/mol. The number of nitrogens with two attached hydrogens (primary N) is 1. The van der Waals surface area contributed by atoms with Gasteiger partial charge in [-0.2, -0.15) is 4.39 Å². The normalized spacial score (nSPS) is 31.2. The number of amides is 1. The molecule has 2 unspecified atom stereocenters. The van der Waals surface area contributed by atoms with Gasteiger partial charge < -0.3 is 35.1 Å². The lowest BCUT2D eigenvalue weighted by atomic mass is 9.86. The van der Waals surface area contributed by atoms with Crippen molar-refractivity contribution in [3.8, 4) is 0 Å². The van der Waals surface area contributed by atoms with Gasteiger partial charge in [0.1, 0.15) is 6.10 Å². The Balaban J connectivity index is 3.50. The fourth-order valence-corrected chi connectivity index (χ4v) is 2.94. The van der Waals surface area contributed by atoms with Gasteiger partial charge in [-0.3, -0.25) is 14.4 Å². The number of carbonyl (C=O) groups excluding carboxylic acids is 4. The van der Waals surface area contributed by atoms with Crippen molar-refractivity contribution in [3.63, 3.8) is 0 Å². The summed E-state index contributed by atoms with van der Waals surface area (Å²) in [7, 11) is 0.777. The molecule has 1 amide bonds. The zero-order valence-corrected chi connectivity index (χ0v) is 16.2. The van der Waals surface area contributed by atoms with Gasteiger partial charge >= 0.3 is 23.8 Å². The predicted molar refractivity (Wildman–Crippen MR) is 89.4 cm³/mol. The van der Waals surface area contributed by atoms with Crippen LogP contribution in [0.2, 0.25) is 0 Å². The molecular weight excluding hydrogens is 402 g/mol.